The number of nitro benzene ring substituents is 1. The van der Waals surface area contributed by atoms with Crippen molar-refractivity contribution in [1.29, 1.82) is 0 Å². The van der Waals surface area contributed by atoms with E-state index in [-0.39, 0.29) is 11.4 Å². The van der Waals surface area contributed by atoms with E-state index in [4.69, 9.17) is 11.6 Å². The molecule has 0 saturated carbocycles. The van der Waals surface area contributed by atoms with Gasteiger partial charge in [-0.15, -0.1) is 0 Å². The standard InChI is InChI=1S/C14H13ClN2O3/c15-13-3-1-2-11(14(13)18)9-16-8-10-4-6-12(7-5-10)17(19)20/h1-7,16,18H,8-9H2. The minimum atomic E-state index is -0.429. The van der Waals surface area contributed by atoms with Crippen molar-refractivity contribution in [3.8, 4) is 5.75 Å². The van der Waals surface area contributed by atoms with Gasteiger partial charge < -0.3 is 10.4 Å². The van der Waals surface area contributed by atoms with E-state index in [0.29, 0.717) is 23.7 Å². The molecule has 0 heterocycles. The zero-order valence-electron chi connectivity index (χ0n) is 10.5. The molecule has 2 N–H and O–H groups in total. The number of nitrogens with one attached hydrogen (secondary N) is 1. The van der Waals surface area contributed by atoms with Crippen LogP contribution in [0.1, 0.15) is 11.1 Å². The molecular weight excluding hydrogens is 280 g/mol. The van der Waals surface area contributed by atoms with E-state index < -0.39 is 4.92 Å². The van der Waals surface area contributed by atoms with Crippen LogP contribution in [0.4, 0.5) is 5.69 Å². The predicted molar refractivity (Wildman–Crippen MR) is 76.8 cm³/mol. The van der Waals surface area contributed by atoms with Gasteiger partial charge in [0.1, 0.15) is 5.75 Å². The Bertz CT molecular complexity index is 614. The third kappa shape index (κ3) is 3.46. The summed E-state index contributed by atoms with van der Waals surface area (Å²) in [6, 6.07) is 11.5. The van der Waals surface area contributed by atoms with Crippen molar-refractivity contribution in [2.75, 3.05) is 0 Å². The van der Waals surface area contributed by atoms with Gasteiger partial charge in [0.15, 0.2) is 0 Å². The van der Waals surface area contributed by atoms with Gasteiger partial charge in [-0.2, -0.15) is 0 Å². The molecule has 104 valence electrons. The fourth-order valence-electron chi connectivity index (χ4n) is 1.78. The zero-order valence-corrected chi connectivity index (χ0v) is 11.3. The predicted octanol–water partition coefficient (Wildman–Crippen LogP) is 3.24. The highest BCUT2D eigenvalue weighted by molar-refractivity contribution is 6.32. The van der Waals surface area contributed by atoms with E-state index in [1.54, 1.807) is 30.3 Å². The molecule has 0 unspecified atom stereocenters. The highest BCUT2D eigenvalue weighted by atomic mass is 35.5. The van der Waals surface area contributed by atoms with Crippen LogP contribution in [0.5, 0.6) is 5.75 Å². The summed E-state index contributed by atoms with van der Waals surface area (Å²) in [5.41, 5.74) is 1.71. The Labute approximate surface area is 121 Å². The van der Waals surface area contributed by atoms with Crippen LogP contribution in [0.15, 0.2) is 42.5 Å². The number of para-hydroxylation sites is 1. The fraction of sp³-hybridized carbons (Fsp3) is 0.143. The van der Waals surface area contributed by atoms with Gasteiger partial charge in [0.25, 0.3) is 5.69 Å². The van der Waals surface area contributed by atoms with Crippen LogP contribution in [0.25, 0.3) is 0 Å². The first-order chi connectivity index (χ1) is 9.58. The quantitative estimate of drug-likeness (QED) is 0.655. The molecule has 0 aliphatic carbocycles. The van der Waals surface area contributed by atoms with E-state index in [9.17, 15) is 15.2 Å². The molecule has 2 rings (SSSR count). The summed E-state index contributed by atoms with van der Waals surface area (Å²) in [7, 11) is 0. The summed E-state index contributed by atoms with van der Waals surface area (Å²) in [4.78, 5) is 10.1. The monoisotopic (exact) mass is 292 g/mol. The maximum atomic E-state index is 10.5. The second-order valence-electron chi connectivity index (χ2n) is 4.27. The average Bonchev–Trinajstić information content (AvgIpc) is 2.44. The summed E-state index contributed by atoms with van der Waals surface area (Å²) in [6.07, 6.45) is 0. The molecule has 5 nitrogen and oxygen atoms in total. The number of rotatable bonds is 5. The summed E-state index contributed by atoms with van der Waals surface area (Å²) in [5, 5.41) is 23.7. The lowest BCUT2D eigenvalue weighted by Gasteiger charge is -2.08. The number of phenols is 1. The highest BCUT2D eigenvalue weighted by Gasteiger charge is 2.06. The van der Waals surface area contributed by atoms with Gasteiger partial charge in [-0.25, -0.2) is 0 Å². The van der Waals surface area contributed by atoms with Gasteiger partial charge in [-0.05, 0) is 11.6 Å². The summed E-state index contributed by atoms with van der Waals surface area (Å²) < 4.78 is 0. The molecule has 0 amide bonds. The number of aromatic hydroxyl groups is 1. The largest absolute Gasteiger partial charge is 0.506 e. The Morgan fingerprint density at radius 2 is 1.85 bits per heavy atom. The Balaban J connectivity index is 1.92. The fourth-order valence-corrected chi connectivity index (χ4v) is 1.97. The van der Waals surface area contributed by atoms with Gasteiger partial charge in [0.05, 0.1) is 9.95 Å². The van der Waals surface area contributed by atoms with Crippen LogP contribution in [0.3, 0.4) is 0 Å². The van der Waals surface area contributed by atoms with Gasteiger partial charge in [-0.1, -0.05) is 35.9 Å². The Morgan fingerprint density at radius 3 is 2.50 bits per heavy atom. The van der Waals surface area contributed by atoms with Crippen LogP contribution in [-0.4, -0.2) is 10.0 Å². The van der Waals surface area contributed by atoms with Crippen LogP contribution in [-0.2, 0) is 13.1 Å². The number of halogens is 1. The Kier molecular flexibility index (Phi) is 4.55. The summed E-state index contributed by atoms with van der Waals surface area (Å²) in [6.45, 7) is 1.01. The van der Waals surface area contributed by atoms with Crippen LogP contribution >= 0.6 is 11.6 Å². The lowest BCUT2D eigenvalue weighted by molar-refractivity contribution is -0.384. The SMILES string of the molecule is O=[N+]([O-])c1ccc(CNCc2cccc(Cl)c2O)cc1. The molecule has 2 aromatic carbocycles. The first-order valence-electron chi connectivity index (χ1n) is 5.98. The molecular formula is C14H13ClN2O3. The van der Waals surface area contributed by atoms with Crippen molar-refractivity contribution in [3.05, 3.63) is 68.7 Å². The lowest BCUT2D eigenvalue weighted by Crippen LogP contribution is -2.12. The molecule has 2 aromatic rings. The van der Waals surface area contributed by atoms with Crippen molar-refractivity contribution < 1.29 is 10.0 Å². The van der Waals surface area contributed by atoms with E-state index >= 15 is 0 Å². The number of nitrogens with zero attached hydrogens (tertiary/aromatic N) is 1. The molecule has 0 atom stereocenters. The molecule has 0 fully saturated rings. The molecule has 0 aliphatic rings. The molecule has 6 heteroatoms. The number of nitro groups is 1. The minimum absolute atomic E-state index is 0.0706. The third-order valence-electron chi connectivity index (χ3n) is 2.86. The zero-order chi connectivity index (χ0) is 14.5. The normalized spacial score (nSPS) is 10.4. The first-order valence-corrected chi connectivity index (χ1v) is 6.36. The van der Waals surface area contributed by atoms with Crippen LogP contribution < -0.4 is 5.32 Å². The average molecular weight is 293 g/mol. The molecule has 0 aliphatic heterocycles. The van der Waals surface area contributed by atoms with Crippen LogP contribution in [0, 0.1) is 10.1 Å². The number of hydrogen-bond acceptors (Lipinski definition) is 4. The Morgan fingerprint density at radius 1 is 1.15 bits per heavy atom. The highest BCUT2D eigenvalue weighted by Crippen LogP contribution is 2.26. The summed E-state index contributed by atoms with van der Waals surface area (Å²) >= 11 is 5.82. The third-order valence-corrected chi connectivity index (χ3v) is 3.17. The number of phenolic OH excluding ortho intramolecular Hbond substituents is 1. The van der Waals surface area contributed by atoms with Gasteiger partial charge in [0, 0.05) is 30.8 Å². The second-order valence-corrected chi connectivity index (χ2v) is 4.68. The lowest BCUT2D eigenvalue weighted by atomic mass is 10.2. The maximum Gasteiger partial charge on any atom is 0.269 e. The number of hydrogen-bond donors (Lipinski definition) is 2. The molecule has 0 radical (unpaired) electrons. The summed E-state index contributed by atoms with van der Waals surface area (Å²) in [5.74, 6) is 0.0744. The van der Waals surface area contributed by atoms with Gasteiger partial charge >= 0.3 is 0 Å². The van der Waals surface area contributed by atoms with Crippen molar-refractivity contribution in [3.63, 3.8) is 0 Å². The molecule has 20 heavy (non-hydrogen) atoms. The van der Waals surface area contributed by atoms with Crippen molar-refractivity contribution >= 4 is 17.3 Å². The van der Waals surface area contributed by atoms with E-state index in [1.807, 2.05) is 0 Å². The first kappa shape index (κ1) is 14.3. The number of non-ortho nitro benzene ring substituents is 1. The van der Waals surface area contributed by atoms with E-state index in [2.05, 4.69) is 5.32 Å². The molecule has 0 saturated heterocycles. The van der Waals surface area contributed by atoms with Crippen molar-refractivity contribution in [2.24, 2.45) is 0 Å². The van der Waals surface area contributed by atoms with Crippen molar-refractivity contribution in [1.82, 2.24) is 5.32 Å². The van der Waals surface area contributed by atoms with E-state index in [1.165, 1.54) is 12.1 Å². The van der Waals surface area contributed by atoms with Crippen molar-refractivity contribution in [2.45, 2.75) is 13.1 Å². The molecule has 0 aromatic heterocycles. The maximum absolute atomic E-state index is 10.5. The Hall–Kier alpha value is -2.11. The smallest absolute Gasteiger partial charge is 0.269 e. The molecule has 0 bridgehead atoms. The van der Waals surface area contributed by atoms with E-state index in [0.717, 1.165) is 5.56 Å². The second kappa shape index (κ2) is 6.36. The number of benzene rings is 2. The molecule has 0 spiro atoms. The van der Waals surface area contributed by atoms with Gasteiger partial charge in [0.2, 0.25) is 0 Å². The minimum Gasteiger partial charge on any atom is -0.506 e. The van der Waals surface area contributed by atoms with Gasteiger partial charge in [-0.3, -0.25) is 10.1 Å². The van der Waals surface area contributed by atoms with Crippen LogP contribution in [0.2, 0.25) is 5.02 Å². The topological polar surface area (TPSA) is 75.4 Å².